The van der Waals surface area contributed by atoms with Crippen molar-refractivity contribution in [1.29, 1.82) is 0 Å². The van der Waals surface area contributed by atoms with Gasteiger partial charge in [-0.3, -0.25) is 9.59 Å². The monoisotopic (exact) mass is 448 g/mol. The van der Waals surface area contributed by atoms with E-state index >= 15 is 0 Å². The topological polar surface area (TPSA) is 63.0 Å². The minimum Gasteiger partial charge on any atom is -0.496 e. The van der Waals surface area contributed by atoms with Crippen LogP contribution in [0.3, 0.4) is 0 Å². The average molecular weight is 449 g/mol. The van der Waals surface area contributed by atoms with E-state index in [-0.39, 0.29) is 24.4 Å². The number of hydrogen-bond donors (Lipinski definition) is 0. The third kappa shape index (κ3) is 6.48. The van der Waals surface area contributed by atoms with Gasteiger partial charge in [-0.15, -0.1) is 0 Å². The molecular weight excluding hydrogens is 416 g/mol. The molecule has 1 aromatic heterocycles. The highest BCUT2D eigenvalue weighted by Crippen LogP contribution is 2.21. The molecule has 3 rings (SSSR count). The lowest BCUT2D eigenvalue weighted by Gasteiger charge is -2.31. The van der Waals surface area contributed by atoms with Gasteiger partial charge in [0.1, 0.15) is 18.1 Å². The van der Waals surface area contributed by atoms with Crippen LogP contribution in [-0.4, -0.2) is 47.9 Å². The molecule has 0 spiro atoms. The smallest absolute Gasteiger partial charge is 0.258 e. The van der Waals surface area contributed by atoms with Crippen molar-refractivity contribution in [1.82, 2.24) is 9.80 Å². The molecule has 0 bridgehead atoms. The number of carbonyl (C=O) groups excluding carboxylic acids is 2. The van der Waals surface area contributed by atoms with Gasteiger partial charge in [0.2, 0.25) is 5.91 Å². The van der Waals surface area contributed by atoms with Crippen LogP contribution in [0.25, 0.3) is 0 Å². The first-order valence-corrected chi connectivity index (χ1v) is 11.3. The molecule has 1 unspecified atom stereocenters. The molecular formula is C27H32N2O4. The molecule has 0 saturated carbocycles. The SMILES string of the molecule is CCC(C)N(CC(=O)N(CCc1ccccc1)Cc1ccco1)C(=O)c1ccccc1OC. The van der Waals surface area contributed by atoms with Crippen LogP contribution < -0.4 is 4.74 Å². The fourth-order valence-electron chi connectivity index (χ4n) is 3.66. The molecule has 0 aliphatic carbocycles. The number of para-hydroxylation sites is 1. The van der Waals surface area contributed by atoms with E-state index < -0.39 is 0 Å². The summed E-state index contributed by atoms with van der Waals surface area (Å²) in [5, 5.41) is 0. The van der Waals surface area contributed by atoms with Crippen LogP contribution in [-0.2, 0) is 17.8 Å². The molecule has 0 aliphatic heterocycles. The molecule has 1 heterocycles. The number of ether oxygens (including phenoxy) is 1. The number of carbonyl (C=O) groups is 2. The Morgan fingerprint density at radius 3 is 2.39 bits per heavy atom. The number of furan rings is 1. The van der Waals surface area contributed by atoms with E-state index in [2.05, 4.69) is 0 Å². The Morgan fingerprint density at radius 1 is 1.00 bits per heavy atom. The van der Waals surface area contributed by atoms with Crippen molar-refractivity contribution >= 4 is 11.8 Å². The van der Waals surface area contributed by atoms with Gasteiger partial charge in [-0.2, -0.15) is 0 Å². The second kappa shape index (κ2) is 11.9. The maximum absolute atomic E-state index is 13.5. The third-order valence-electron chi connectivity index (χ3n) is 5.82. The molecule has 0 aliphatic rings. The molecule has 0 fully saturated rings. The summed E-state index contributed by atoms with van der Waals surface area (Å²) in [6, 6.07) is 20.7. The summed E-state index contributed by atoms with van der Waals surface area (Å²) in [4.78, 5) is 30.3. The summed E-state index contributed by atoms with van der Waals surface area (Å²) in [6.45, 7) is 4.84. The van der Waals surface area contributed by atoms with E-state index in [0.29, 0.717) is 30.2 Å². The molecule has 1 atom stereocenters. The van der Waals surface area contributed by atoms with Gasteiger partial charge in [-0.25, -0.2) is 0 Å². The van der Waals surface area contributed by atoms with Crippen molar-refractivity contribution in [2.75, 3.05) is 20.2 Å². The van der Waals surface area contributed by atoms with Crippen molar-refractivity contribution in [2.24, 2.45) is 0 Å². The summed E-state index contributed by atoms with van der Waals surface area (Å²) in [5.74, 6) is 0.879. The number of methoxy groups -OCH3 is 1. The zero-order valence-corrected chi connectivity index (χ0v) is 19.6. The standard InChI is InChI=1S/C27H32N2O4/c1-4-21(2)29(27(31)24-14-8-9-15-25(24)32-3)20-26(30)28(19-23-13-10-18-33-23)17-16-22-11-6-5-7-12-22/h5-15,18,21H,4,16-17,19-20H2,1-3H3. The lowest BCUT2D eigenvalue weighted by Crippen LogP contribution is -2.46. The fourth-order valence-corrected chi connectivity index (χ4v) is 3.66. The third-order valence-corrected chi connectivity index (χ3v) is 5.82. The number of benzene rings is 2. The fraction of sp³-hybridized carbons (Fsp3) is 0.333. The molecule has 6 heteroatoms. The van der Waals surface area contributed by atoms with Crippen molar-refractivity contribution in [3.63, 3.8) is 0 Å². The first kappa shape index (κ1) is 24.1. The predicted octanol–water partition coefficient (Wildman–Crippen LogP) is 4.80. The Kier molecular flexibility index (Phi) is 8.70. The van der Waals surface area contributed by atoms with Crippen LogP contribution in [0.4, 0.5) is 0 Å². The van der Waals surface area contributed by atoms with Crippen molar-refractivity contribution in [2.45, 2.75) is 39.3 Å². The quantitative estimate of drug-likeness (QED) is 0.423. The first-order valence-electron chi connectivity index (χ1n) is 11.3. The van der Waals surface area contributed by atoms with E-state index in [4.69, 9.17) is 9.15 Å². The predicted molar refractivity (Wildman–Crippen MR) is 128 cm³/mol. The zero-order chi connectivity index (χ0) is 23.6. The number of hydrogen-bond acceptors (Lipinski definition) is 4. The summed E-state index contributed by atoms with van der Waals surface area (Å²) >= 11 is 0. The van der Waals surface area contributed by atoms with Crippen molar-refractivity contribution in [3.8, 4) is 5.75 Å². The molecule has 3 aromatic rings. The van der Waals surface area contributed by atoms with Gasteiger partial charge in [-0.05, 0) is 49.6 Å². The zero-order valence-electron chi connectivity index (χ0n) is 19.6. The van der Waals surface area contributed by atoms with E-state index in [1.54, 1.807) is 41.4 Å². The summed E-state index contributed by atoms with van der Waals surface area (Å²) < 4.78 is 10.9. The van der Waals surface area contributed by atoms with E-state index in [0.717, 1.165) is 18.4 Å². The van der Waals surface area contributed by atoms with Gasteiger partial charge in [0.25, 0.3) is 5.91 Å². The van der Waals surface area contributed by atoms with Gasteiger partial charge < -0.3 is 19.0 Å². The Bertz CT molecular complexity index is 1020. The minimum absolute atomic E-state index is 0.0125. The van der Waals surface area contributed by atoms with E-state index in [1.807, 2.05) is 62.4 Å². The summed E-state index contributed by atoms with van der Waals surface area (Å²) in [6.07, 6.45) is 3.05. The normalized spacial score (nSPS) is 11.6. The van der Waals surface area contributed by atoms with Crippen molar-refractivity contribution < 1.29 is 18.7 Å². The van der Waals surface area contributed by atoms with Gasteiger partial charge >= 0.3 is 0 Å². The highest BCUT2D eigenvalue weighted by molar-refractivity contribution is 5.99. The van der Waals surface area contributed by atoms with E-state index in [1.165, 1.54) is 0 Å². The Balaban J connectivity index is 1.80. The van der Waals surface area contributed by atoms with Crippen LogP contribution in [0.5, 0.6) is 5.75 Å². The molecule has 0 radical (unpaired) electrons. The van der Waals surface area contributed by atoms with Crippen LogP contribution in [0.2, 0.25) is 0 Å². The van der Waals surface area contributed by atoms with Gasteiger partial charge in [0.05, 0.1) is 25.5 Å². The molecule has 0 N–H and O–H groups in total. The van der Waals surface area contributed by atoms with Gasteiger partial charge in [-0.1, -0.05) is 49.4 Å². The second-order valence-electron chi connectivity index (χ2n) is 8.02. The van der Waals surface area contributed by atoms with Crippen LogP contribution in [0, 0.1) is 0 Å². The van der Waals surface area contributed by atoms with Crippen LogP contribution in [0.1, 0.15) is 41.9 Å². The highest BCUT2D eigenvalue weighted by atomic mass is 16.5. The molecule has 2 aromatic carbocycles. The molecule has 6 nitrogen and oxygen atoms in total. The lowest BCUT2D eigenvalue weighted by molar-refractivity contribution is -0.133. The van der Waals surface area contributed by atoms with Crippen LogP contribution in [0.15, 0.2) is 77.4 Å². The van der Waals surface area contributed by atoms with Crippen molar-refractivity contribution in [3.05, 3.63) is 89.9 Å². The highest BCUT2D eigenvalue weighted by Gasteiger charge is 2.27. The Labute approximate surface area is 195 Å². The Hall–Kier alpha value is -3.54. The summed E-state index contributed by atoms with van der Waals surface area (Å²) in [5.41, 5.74) is 1.61. The molecule has 174 valence electrons. The maximum Gasteiger partial charge on any atom is 0.258 e. The Morgan fingerprint density at radius 2 is 1.73 bits per heavy atom. The number of nitrogens with zero attached hydrogens (tertiary/aromatic N) is 2. The number of rotatable bonds is 11. The molecule has 0 saturated heterocycles. The lowest BCUT2D eigenvalue weighted by atomic mass is 10.1. The largest absolute Gasteiger partial charge is 0.496 e. The second-order valence-corrected chi connectivity index (χ2v) is 8.02. The first-order chi connectivity index (χ1) is 16.0. The minimum atomic E-state index is -0.212. The van der Waals surface area contributed by atoms with Gasteiger partial charge in [0.15, 0.2) is 0 Å². The number of amides is 2. The molecule has 33 heavy (non-hydrogen) atoms. The maximum atomic E-state index is 13.5. The summed E-state index contributed by atoms with van der Waals surface area (Å²) in [7, 11) is 1.54. The average Bonchev–Trinajstić information content (AvgIpc) is 3.37. The van der Waals surface area contributed by atoms with E-state index in [9.17, 15) is 9.59 Å². The van der Waals surface area contributed by atoms with Crippen LogP contribution >= 0.6 is 0 Å². The molecule has 2 amide bonds. The van der Waals surface area contributed by atoms with Gasteiger partial charge in [0, 0.05) is 12.6 Å².